The van der Waals surface area contributed by atoms with Crippen molar-refractivity contribution in [2.24, 2.45) is 5.73 Å². The number of nitrogens with two attached hydrogens (primary N) is 1. The standard InChI is InChI=1S/C29H27F4N5O3/c1-4-38-13-18-10-17(9-15(2)23(18)37-38)26(39)35-12-21(29(31,32)33)22-11-20-25(41-14-28(20,3)27(34)40)24(36-22)16-5-7-19(30)8-6-16/h5-11,13,21H,4,12,14H2,1-3H3,(H2,34,40)(H,35,39)/t21-,28+/m1/s1. The van der Waals surface area contributed by atoms with Crippen LogP contribution in [0.1, 0.15) is 46.9 Å². The first-order valence-corrected chi connectivity index (χ1v) is 12.9. The van der Waals surface area contributed by atoms with Crippen LogP contribution < -0.4 is 15.8 Å². The molecule has 0 saturated carbocycles. The monoisotopic (exact) mass is 569 g/mol. The van der Waals surface area contributed by atoms with Crippen LogP contribution in [0.4, 0.5) is 17.6 Å². The van der Waals surface area contributed by atoms with E-state index in [4.69, 9.17) is 10.5 Å². The van der Waals surface area contributed by atoms with Crippen molar-refractivity contribution >= 4 is 22.7 Å². The first kappa shape index (κ1) is 28.1. The van der Waals surface area contributed by atoms with Crippen molar-refractivity contribution in [2.75, 3.05) is 13.2 Å². The number of rotatable bonds is 7. The molecule has 0 radical (unpaired) electrons. The van der Waals surface area contributed by atoms with Gasteiger partial charge in [-0.1, -0.05) is 0 Å². The number of pyridine rings is 1. The molecule has 214 valence electrons. The number of carbonyl (C=O) groups is 2. The predicted octanol–water partition coefficient (Wildman–Crippen LogP) is 4.78. The lowest BCUT2D eigenvalue weighted by molar-refractivity contribution is -0.149. The van der Waals surface area contributed by atoms with Crippen molar-refractivity contribution in [1.29, 1.82) is 0 Å². The average Bonchev–Trinajstić information content (AvgIpc) is 3.50. The van der Waals surface area contributed by atoms with E-state index >= 15 is 0 Å². The molecule has 12 heteroatoms. The number of carbonyl (C=O) groups excluding carboxylic acids is 2. The number of primary amides is 1. The number of nitrogens with one attached hydrogen (secondary N) is 1. The molecule has 0 spiro atoms. The van der Waals surface area contributed by atoms with Crippen LogP contribution in [0.15, 0.2) is 48.7 Å². The summed E-state index contributed by atoms with van der Waals surface area (Å²) in [6, 6.07) is 9.30. The fourth-order valence-electron chi connectivity index (χ4n) is 4.93. The number of hydrogen-bond donors (Lipinski definition) is 2. The summed E-state index contributed by atoms with van der Waals surface area (Å²) in [7, 11) is 0. The molecule has 0 saturated heterocycles. The van der Waals surface area contributed by atoms with Crippen molar-refractivity contribution in [3.63, 3.8) is 0 Å². The molecule has 5 rings (SSSR count). The predicted molar refractivity (Wildman–Crippen MR) is 143 cm³/mol. The lowest BCUT2D eigenvalue weighted by Crippen LogP contribution is -2.40. The van der Waals surface area contributed by atoms with Gasteiger partial charge in [0.05, 0.1) is 11.2 Å². The largest absolute Gasteiger partial charge is 0.489 e. The highest BCUT2D eigenvalue weighted by Crippen LogP contribution is 2.46. The van der Waals surface area contributed by atoms with Gasteiger partial charge < -0.3 is 15.8 Å². The second-order valence-electron chi connectivity index (χ2n) is 10.3. The van der Waals surface area contributed by atoms with Crippen molar-refractivity contribution in [3.8, 4) is 17.0 Å². The molecule has 8 nitrogen and oxygen atoms in total. The molecule has 3 N–H and O–H groups in total. The Labute approximate surface area is 232 Å². The molecule has 2 amide bonds. The molecule has 2 aromatic carbocycles. The second-order valence-corrected chi connectivity index (χ2v) is 10.3. The minimum absolute atomic E-state index is 0.0112. The Morgan fingerprint density at radius 1 is 1.20 bits per heavy atom. The summed E-state index contributed by atoms with van der Waals surface area (Å²) in [5.74, 6) is -4.16. The van der Waals surface area contributed by atoms with Gasteiger partial charge in [-0.15, -0.1) is 0 Å². The van der Waals surface area contributed by atoms with E-state index in [0.717, 1.165) is 18.2 Å². The van der Waals surface area contributed by atoms with E-state index in [1.807, 2.05) is 6.92 Å². The first-order chi connectivity index (χ1) is 19.3. The molecular formula is C29H27F4N5O3. The quantitative estimate of drug-likeness (QED) is 0.311. The van der Waals surface area contributed by atoms with Crippen molar-refractivity contribution < 1.29 is 31.9 Å². The van der Waals surface area contributed by atoms with Gasteiger partial charge in [0.1, 0.15) is 35.2 Å². The van der Waals surface area contributed by atoms with Crippen molar-refractivity contribution in [2.45, 2.75) is 44.8 Å². The van der Waals surface area contributed by atoms with Crippen LogP contribution >= 0.6 is 0 Å². The zero-order valence-electron chi connectivity index (χ0n) is 22.5. The Balaban J connectivity index is 1.53. The average molecular weight is 570 g/mol. The highest BCUT2D eigenvalue weighted by atomic mass is 19.4. The lowest BCUT2D eigenvalue weighted by atomic mass is 9.82. The Hall–Kier alpha value is -4.48. The third-order valence-electron chi connectivity index (χ3n) is 7.41. The van der Waals surface area contributed by atoms with E-state index in [1.165, 1.54) is 19.1 Å². The number of aryl methyl sites for hydroxylation is 2. The highest BCUT2D eigenvalue weighted by Gasteiger charge is 2.47. The van der Waals surface area contributed by atoms with Gasteiger partial charge in [-0.05, 0) is 68.8 Å². The molecule has 0 fully saturated rings. The minimum atomic E-state index is -4.82. The Kier molecular flexibility index (Phi) is 6.96. The number of ether oxygens (including phenoxy) is 1. The number of benzene rings is 2. The third-order valence-corrected chi connectivity index (χ3v) is 7.41. The first-order valence-electron chi connectivity index (χ1n) is 12.9. The van der Waals surface area contributed by atoms with Crippen LogP contribution in [0.3, 0.4) is 0 Å². The van der Waals surface area contributed by atoms with E-state index in [2.05, 4.69) is 15.4 Å². The van der Waals surface area contributed by atoms with Gasteiger partial charge in [-0.25, -0.2) is 9.37 Å². The molecule has 0 aliphatic carbocycles. The van der Waals surface area contributed by atoms with E-state index in [-0.39, 0.29) is 29.2 Å². The molecule has 1 aliphatic heterocycles. The zero-order valence-corrected chi connectivity index (χ0v) is 22.5. The summed E-state index contributed by atoms with van der Waals surface area (Å²) >= 11 is 0. The van der Waals surface area contributed by atoms with Gasteiger partial charge >= 0.3 is 6.18 Å². The summed E-state index contributed by atoms with van der Waals surface area (Å²) in [4.78, 5) is 29.7. The van der Waals surface area contributed by atoms with Gasteiger partial charge in [0, 0.05) is 41.4 Å². The van der Waals surface area contributed by atoms with E-state index in [9.17, 15) is 27.2 Å². The highest BCUT2D eigenvalue weighted by molar-refractivity contribution is 5.99. The van der Waals surface area contributed by atoms with Crippen LogP contribution in [-0.2, 0) is 16.8 Å². The molecule has 3 heterocycles. The van der Waals surface area contributed by atoms with Crippen LogP contribution in [0, 0.1) is 12.7 Å². The van der Waals surface area contributed by atoms with Gasteiger partial charge in [0.15, 0.2) is 0 Å². The number of halogens is 4. The maximum Gasteiger partial charge on any atom is 0.398 e. The van der Waals surface area contributed by atoms with Gasteiger partial charge in [0.2, 0.25) is 5.91 Å². The summed E-state index contributed by atoms with van der Waals surface area (Å²) in [6.07, 6.45) is -3.06. The number of alkyl halides is 3. The van der Waals surface area contributed by atoms with E-state index in [0.29, 0.717) is 28.6 Å². The fraction of sp³-hybridized carbons (Fsp3) is 0.310. The Morgan fingerprint density at radius 3 is 2.54 bits per heavy atom. The Morgan fingerprint density at radius 2 is 1.90 bits per heavy atom. The summed E-state index contributed by atoms with van der Waals surface area (Å²) in [6.45, 7) is 4.77. The number of fused-ring (bicyclic) bond motifs is 2. The van der Waals surface area contributed by atoms with Crippen LogP contribution in [0.5, 0.6) is 5.75 Å². The smallest absolute Gasteiger partial charge is 0.398 e. The van der Waals surface area contributed by atoms with E-state index in [1.54, 1.807) is 29.9 Å². The molecule has 1 aliphatic rings. The lowest BCUT2D eigenvalue weighted by Gasteiger charge is -2.24. The van der Waals surface area contributed by atoms with Crippen LogP contribution in [0.2, 0.25) is 0 Å². The SMILES string of the molecule is CCn1cc2cc(C(=O)NC[C@H](c3cc4c(c(-c5ccc(F)cc5)n3)OC[C@]4(C)C(N)=O)C(F)(F)F)cc(C)c2n1. The third kappa shape index (κ3) is 5.09. The zero-order chi connectivity index (χ0) is 29.7. The maximum absolute atomic E-state index is 14.5. The number of aromatic nitrogens is 3. The van der Waals surface area contributed by atoms with Crippen LogP contribution in [0.25, 0.3) is 22.2 Å². The van der Waals surface area contributed by atoms with Gasteiger partial charge in [-0.2, -0.15) is 18.3 Å². The molecule has 41 heavy (non-hydrogen) atoms. The van der Waals surface area contributed by atoms with Gasteiger partial charge in [-0.3, -0.25) is 14.3 Å². The van der Waals surface area contributed by atoms with Gasteiger partial charge in [0.25, 0.3) is 5.91 Å². The van der Waals surface area contributed by atoms with Crippen molar-refractivity contribution in [3.05, 3.63) is 76.9 Å². The summed E-state index contributed by atoms with van der Waals surface area (Å²) in [5.41, 5.74) is 5.80. The Bertz CT molecular complexity index is 1670. The fourth-order valence-corrected chi connectivity index (χ4v) is 4.93. The number of hydrogen-bond acceptors (Lipinski definition) is 5. The normalized spacial score (nSPS) is 17.2. The summed E-state index contributed by atoms with van der Waals surface area (Å²) < 4.78 is 64.5. The number of amides is 2. The summed E-state index contributed by atoms with van der Waals surface area (Å²) in [5, 5.41) is 7.52. The van der Waals surface area contributed by atoms with Crippen molar-refractivity contribution in [1.82, 2.24) is 20.1 Å². The molecule has 2 aromatic heterocycles. The second kappa shape index (κ2) is 10.2. The molecule has 0 unspecified atom stereocenters. The molecule has 4 aromatic rings. The molecule has 2 atom stereocenters. The van der Waals surface area contributed by atoms with E-state index < -0.39 is 47.4 Å². The van der Waals surface area contributed by atoms with Crippen LogP contribution in [-0.4, -0.2) is 45.9 Å². The number of nitrogens with zero attached hydrogens (tertiary/aromatic N) is 3. The molecular weight excluding hydrogens is 542 g/mol. The minimum Gasteiger partial charge on any atom is -0.489 e. The topological polar surface area (TPSA) is 112 Å². The molecule has 0 bridgehead atoms. The maximum atomic E-state index is 14.5.